The maximum atomic E-state index is 12.6. The van der Waals surface area contributed by atoms with Gasteiger partial charge in [-0.05, 0) is 50.8 Å². The van der Waals surface area contributed by atoms with Crippen molar-refractivity contribution in [3.8, 4) is 0 Å². The topological polar surface area (TPSA) is 73.6 Å². The van der Waals surface area contributed by atoms with Crippen LogP contribution < -0.4 is 5.32 Å². The van der Waals surface area contributed by atoms with Crippen molar-refractivity contribution in [2.75, 3.05) is 19.5 Å². The molecular weight excluding hydrogens is 352 g/mol. The summed E-state index contributed by atoms with van der Waals surface area (Å²) in [6.45, 7) is 5.23. The Morgan fingerprint density at radius 3 is 2.77 bits per heavy atom. The molecule has 1 amide bonds. The molecular formula is C19H24N2O4S. The molecule has 6 nitrogen and oxygen atoms in total. The fourth-order valence-electron chi connectivity index (χ4n) is 2.93. The number of amides is 1. The second-order valence-electron chi connectivity index (χ2n) is 6.32. The van der Waals surface area contributed by atoms with E-state index in [1.165, 1.54) is 0 Å². The van der Waals surface area contributed by atoms with Crippen LogP contribution in [0.2, 0.25) is 0 Å². The van der Waals surface area contributed by atoms with Gasteiger partial charge in [-0.1, -0.05) is 5.16 Å². The molecule has 0 bridgehead atoms. The minimum Gasteiger partial charge on any atom is -0.379 e. The number of benzene rings is 1. The van der Waals surface area contributed by atoms with Crippen molar-refractivity contribution in [1.29, 1.82) is 0 Å². The highest BCUT2D eigenvalue weighted by molar-refractivity contribution is 7.98. The lowest BCUT2D eigenvalue weighted by molar-refractivity contribution is -0.0739. The molecule has 2 atom stereocenters. The van der Waals surface area contributed by atoms with Crippen LogP contribution >= 0.6 is 11.8 Å². The first-order valence-electron chi connectivity index (χ1n) is 8.64. The lowest BCUT2D eigenvalue weighted by Gasteiger charge is -2.32. The molecule has 1 aromatic heterocycles. The van der Waals surface area contributed by atoms with Gasteiger partial charge in [-0.15, -0.1) is 11.8 Å². The zero-order chi connectivity index (χ0) is 18.5. The zero-order valence-corrected chi connectivity index (χ0v) is 16.1. The fourth-order valence-corrected chi connectivity index (χ4v) is 3.34. The van der Waals surface area contributed by atoms with Gasteiger partial charge in [0.2, 0.25) is 0 Å². The highest BCUT2D eigenvalue weighted by Gasteiger charge is 2.29. The lowest BCUT2D eigenvalue weighted by atomic mass is 10.0. The fraction of sp³-hybridized carbons (Fsp3) is 0.474. The van der Waals surface area contributed by atoms with E-state index in [0.717, 1.165) is 28.3 Å². The molecule has 1 saturated heterocycles. The van der Waals surface area contributed by atoms with E-state index >= 15 is 0 Å². The Hall–Kier alpha value is -1.83. The molecule has 0 radical (unpaired) electrons. The maximum Gasteiger partial charge on any atom is 0.251 e. The molecule has 0 aliphatic carbocycles. The van der Waals surface area contributed by atoms with Crippen LogP contribution in [0.3, 0.4) is 0 Å². The molecule has 2 aromatic rings. The Bertz CT molecular complexity index is 725. The summed E-state index contributed by atoms with van der Waals surface area (Å²) < 4.78 is 16.7. The summed E-state index contributed by atoms with van der Waals surface area (Å²) in [6, 6.07) is 7.52. The highest BCUT2D eigenvalue weighted by atomic mass is 32.2. The van der Waals surface area contributed by atoms with Gasteiger partial charge in [-0.25, -0.2) is 0 Å². The number of nitrogens with zero attached hydrogens (tertiary/aromatic N) is 1. The van der Waals surface area contributed by atoms with Gasteiger partial charge in [0.15, 0.2) is 0 Å². The molecule has 26 heavy (non-hydrogen) atoms. The number of aromatic nitrogens is 1. The average Bonchev–Trinajstić information content (AvgIpc) is 2.99. The Kier molecular flexibility index (Phi) is 6.34. The van der Waals surface area contributed by atoms with Gasteiger partial charge in [-0.3, -0.25) is 4.79 Å². The standard InChI is InChI=1S/C19H24N2O4S/c1-12-16(13(2)25-21-12)10-24-18-11-23-9-8-17(18)20-19(22)14-4-6-15(26-3)7-5-14/h4-7,17-18H,8-11H2,1-3H3,(H,20,22)/t17-,18-/m1/s1. The van der Waals surface area contributed by atoms with Crippen molar-refractivity contribution in [2.45, 2.75) is 43.9 Å². The first-order chi connectivity index (χ1) is 12.6. The predicted molar refractivity (Wildman–Crippen MR) is 99.5 cm³/mol. The third-order valence-electron chi connectivity index (χ3n) is 4.60. The maximum absolute atomic E-state index is 12.6. The smallest absolute Gasteiger partial charge is 0.251 e. The first kappa shape index (κ1) is 18.9. The number of carbonyl (C=O) groups is 1. The SMILES string of the molecule is CSc1ccc(C(=O)N[C@@H]2CCOC[C@H]2OCc2c(C)noc2C)cc1. The number of ether oxygens (including phenoxy) is 2. The molecule has 0 unspecified atom stereocenters. The van der Waals surface area contributed by atoms with E-state index < -0.39 is 0 Å². The van der Waals surface area contributed by atoms with Gasteiger partial charge in [-0.2, -0.15) is 0 Å². The molecule has 0 saturated carbocycles. The third-order valence-corrected chi connectivity index (χ3v) is 5.34. The van der Waals surface area contributed by atoms with E-state index in [-0.39, 0.29) is 18.1 Å². The van der Waals surface area contributed by atoms with Gasteiger partial charge < -0.3 is 19.3 Å². The van der Waals surface area contributed by atoms with Crippen LogP contribution in [0.15, 0.2) is 33.7 Å². The molecule has 1 aliphatic heterocycles. The van der Waals surface area contributed by atoms with Gasteiger partial charge in [0.25, 0.3) is 5.91 Å². The van der Waals surface area contributed by atoms with Crippen LogP contribution in [0.5, 0.6) is 0 Å². The van der Waals surface area contributed by atoms with Crippen LogP contribution in [0.25, 0.3) is 0 Å². The van der Waals surface area contributed by atoms with Gasteiger partial charge in [0, 0.05) is 22.6 Å². The summed E-state index contributed by atoms with van der Waals surface area (Å²) in [7, 11) is 0. The van der Waals surface area contributed by atoms with Crippen molar-refractivity contribution < 1.29 is 18.8 Å². The second kappa shape index (κ2) is 8.70. The van der Waals surface area contributed by atoms with Crippen molar-refractivity contribution >= 4 is 17.7 Å². The van der Waals surface area contributed by atoms with Crippen molar-refractivity contribution in [3.05, 3.63) is 46.8 Å². The van der Waals surface area contributed by atoms with E-state index in [2.05, 4.69) is 10.5 Å². The van der Waals surface area contributed by atoms with Crippen LogP contribution in [0.1, 0.15) is 33.8 Å². The van der Waals surface area contributed by atoms with E-state index in [1.807, 2.05) is 44.4 Å². The van der Waals surface area contributed by atoms with Crippen molar-refractivity contribution in [3.63, 3.8) is 0 Å². The van der Waals surface area contributed by atoms with E-state index in [9.17, 15) is 4.79 Å². The van der Waals surface area contributed by atoms with Gasteiger partial charge >= 0.3 is 0 Å². The Morgan fingerprint density at radius 1 is 1.35 bits per heavy atom. The molecule has 7 heteroatoms. The molecule has 2 heterocycles. The summed E-state index contributed by atoms with van der Waals surface area (Å²) in [4.78, 5) is 13.7. The van der Waals surface area contributed by atoms with E-state index in [1.54, 1.807) is 11.8 Å². The summed E-state index contributed by atoms with van der Waals surface area (Å²) in [5.74, 6) is 0.671. The van der Waals surface area contributed by atoms with Crippen LogP contribution in [0.4, 0.5) is 0 Å². The number of carbonyl (C=O) groups excluding carboxylic acids is 1. The monoisotopic (exact) mass is 376 g/mol. The van der Waals surface area contributed by atoms with Crippen molar-refractivity contribution in [2.24, 2.45) is 0 Å². The summed E-state index contributed by atoms with van der Waals surface area (Å²) in [5, 5.41) is 7.04. The molecule has 1 aromatic carbocycles. The Morgan fingerprint density at radius 2 is 2.12 bits per heavy atom. The second-order valence-corrected chi connectivity index (χ2v) is 7.20. The molecule has 1 fully saturated rings. The highest BCUT2D eigenvalue weighted by Crippen LogP contribution is 2.19. The van der Waals surface area contributed by atoms with E-state index in [4.69, 9.17) is 14.0 Å². The Labute approximate surface area is 157 Å². The number of nitrogens with one attached hydrogen (secondary N) is 1. The lowest BCUT2D eigenvalue weighted by Crippen LogP contribution is -2.50. The summed E-state index contributed by atoms with van der Waals surface area (Å²) in [5.41, 5.74) is 2.43. The van der Waals surface area contributed by atoms with Crippen LogP contribution in [-0.4, -0.2) is 42.7 Å². The number of rotatable bonds is 6. The largest absolute Gasteiger partial charge is 0.379 e. The molecule has 0 spiro atoms. The third kappa shape index (κ3) is 4.47. The number of thioether (sulfide) groups is 1. The minimum absolute atomic E-state index is 0.0862. The summed E-state index contributed by atoms with van der Waals surface area (Å²) >= 11 is 1.65. The molecule has 140 valence electrons. The quantitative estimate of drug-likeness (QED) is 0.781. The number of hydrogen-bond donors (Lipinski definition) is 1. The molecule has 3 rings (SSSR count). The van der Waals surface area contributed by atoms with Gasteiger partial charge in [0.1, 0.15) is 11.9 Å². The minimum atomic E-state index is -0.202. The van der Waals surface area contributed by atoms with Crippen molar-refractivity contribution in [1.82, 2.24) is 10.5 Å². The average molecular weight is 376 g/mol. The van der Waals surface area contributed by atoms with Crippen LogP contribution in [0, 0.1) is 13.8 Å². The first-order valence-corrected chi connectivity index (χ1v) is 9.87. The molecule has 1 N–H and O–H groups in total. The van der Waals surface area contributed by atoms with Crippen LogP contribution in [-0.2, 0) is 16.1 Å². The normalized spacial score (nSPS) is 20.1. The number of aryl methyl sites for hydroxylation is 2. The van der Waals surface area contributed by atoms with E-state index in [0.29, 0.717) is 25.4 Å². The summed E-state index contributed by atoms with van der Waals surface area (Å²) in [6.07, 6.45) is 2.53. The predicted octanol–water partition coefficient (Wildman–Crippen LogP) is 3.12. The number of hydrogen-bond acceptors (Lipinski definition) is 6. The zero-order valence-electron chi connectivity index (χ0n) is 15.3. The Balaban J connectivity index is 1.61. The van der Waals surface area contributed by atoms with Gasteiger partial charge in [0.05, 0.1) is 24.9 Å². The molecule has 1 aliphatic rings.